The number of hydrogen-bond acceptors (Lipinski definition) is 3. The summed E-state index contributed by atoms with van der Waals surface area (Å²) in [5.41, 5.74) is 3.65. The Labute approximate surface area is 108 Å². The van der Waals surface area contributed by atoms with Crippen LogP contribution in [0.2, 0.25) is 0 Å². The molecule has 2 heterocycles. The van der Waals surface area contributed by atoms with E-state index < -0.39 is 0 Å². The number of rotatable bonds is 1. The van der Waals surface area contributed by atoms with E-state index in [4.69, 9.17) is 5.26 Å². The SMILES string of the molecule is Cc1cc(N2CCC3(CCNC3)C2)ccc1C#N. The van der Waals surface area contributed by atoms with Crippen molar-refractivity contribution in [3.63, 3.8) is 0 Å². The number of anilines is 1. The predicted molar refractivity (Wildman–Crippen MR) is 72.6 cm³/mol. The summed E-state index contributed by atoms with van der Waals surface area (Å²) in [6.45, 7) is 6.66. The first-order valence-corrected chi connectivity index (χ1v) is 6.69. The van der Waals surface area contributed by atoms with Gasteiger partial charge in [-0.25, -0.2) is 0 Å². The summed E-state index contributed by atoms with van der Waals surface area (Å²) in [6.07, 6.45) is 2.60. The van der Waals surface area contributed by atoms with Gasteiger partial charge >= 0.3 is 0 Å². The Morgan fingerprint density at radius 2 is 2.28 bits per heavy atom. The van der Waals surface area contributed by atoms with Crippen molar-refractivity contribution in [2.75, 3.05) is 31.1 Å². The van der Waals surface area contributed by atoms with Gasteiger partial charge in [-0.2, -0.15) is 5.26 Å². The molecule has 1 spiro atoms. The fraction of sp³-hybridized carbons (Fsp3) is 0.533. The van der Waals surface area contributed by atoms with Gasteiger partial charge in [0.2, 0.25) is 0 Å². The van der Waals surface area contributed by atoms with Gasteiger partial charge in [-0.15, -0.1) is 0 Å². The molecular weight excluding hydrogens is 222 g/mol. The standard InChI is InChI=1S/C15H19N3/c1-12-8-14(3-2-13(12)9-16)18-7-5-15(11-18)4-6-17-10-15/h2-3,8,17H,4-7,10-11H2,1H3. The molecule has 2 aliphatic rings. The summed E-state index contributed by atoms with van der Waals surface area (Å²) < 4.78 is 0. The molecule has 3 rings (SSSR count). The van der Waals surface area contributed by atoms with E-state index in [1.807, 2.05) is 13.0 Å². The van der Waals surface area contributed by atoms with E-state index in [1.165, 1.54) is 31.6 Å². The molecule has 0 bridgehead atoms. The van der Waals surface area contributed by atoms with Gasteiger partial charge < -0.3 is 10.2 Å². The molecule has 0 radical (unpaired) electrons. The van der Waals surface area contributed by atoms with Crippen molar-refractivity contribution < 1.29 is 0 Å². The van der Waals surface area contributed by atoms with Crippen LogP contribution in [-0.2, 0) is 0 Å². The molecule has 1 atom stereocenters. The van der Waals surface area contributed by atoms with E-state index in [-0.39, 0.29) is 0 Å². The molecule has 2 saturated heterocycles. The molecule has 2 aliphatic heterocycles. The highest BCUT2D eigenvalue weighted by atomic mass is 15.2. The minimum absolute atomic E-state index is 0.502. The van der Waals surface area contributed by atoms with Crippen molar-refractivity contribution in [1.29, 1.82) is 5.26 Å². The lowest BCUT2D eigenvalue weighted by atomic mass is 9.86. The smallest absolute Gasteiger partial charge is 0.0994 e. The van der Waals surface area contributed by atoms with Crippen molar-refractivity contribution in [3.05, 3.63) is 29.3 Å². The second kappa shape index (κ2) is 4.29. The number of aryl methyl sites for hydroxylation is 1. The van der Waals surface area contributed by atoms with Gasteiger partial charge in [-0.3, -0.25) is 0 Å². The Morgan fingerprint density at radius 3 is 2.94 bits per heavy atom. The minimum atomic E-state index is 0.502. The fourth-order valence-electron chi connectivity index (χ4n) is 3.27. The zero-order chi connectivity index (χ0) is 12.6. The zero-order valence-electron chi connectivity index (χ0n) is 10.9. The van der Waals surface area contributed by atoms with Crippen LogP contribution in [0, 0.1) is 23.7 Å². The molecule has 0 saturated carbocycles. The molecule has 1 unspecified atom stereocenters. The monoisotopic (exact) mass is 241 g/mol. The van der Waals surface area contributed by atoms with Gasteiger partial charge in [0.25, 0.3) is 0 Å². The molecule has 2 fully saturated rings. The molecule has 0 amide bonds. The number of nitrogens with zero attached hydrogens (tertiary/aromatic N) is 2. The Kier molecular flexibility index (Phi) is 2.76. The largest absolute Gasteiger partial charge is 0.371 e. The van der Waals surface area contributed by atoms with Crippen LogP contribution >= 0.6 is 0 Å². The molecule has 94 valence electrons. The molecule has 3 heteroatoms. The summed E-state index contributed by atoms with van der Waals surface area (Å²) in [4.78, 5) is 2.47. The second-order valence-corrected chi connectivity index (χ2v) is 5.71. The van der Waals surface area contributed by atoms with Crippen LogP contribution < -0.4 is 10.2 Å². The van der Waals surface area contributed by atoms with Crippen LogP contribution in [0.15, 0.2) is 18.2 Å². The maximum atomic E-state index is 8.97. The first-order chi connectivity index (χ1) is 8.72. The Balaban J connectivity index is 1.80. The second-order valence-electron chi connectivity index (χ2n) is 5.71. The molecule has 0 aromatic heterocycles. The van der Waals surface area contributed by atoms with Crippen LogP contribution in [-0.4, -0.2) is 26.2 Å². The molecular formula is C15H19N3. The van der Waals surface area contributed by atoms with Crippen molar-refractivity contribution in [2.24, 2.45) is 5.41 Å². The Morgan fingerprint density at radius 1 is 1.39 bits per heavy atom. The topological polar surface area (TPSA) is 39.1 Å². The lowest BCUT2D eigenvalue weighted by Gasteiger charge is -2.24. The fourth-order valence-corrected chi connectivity index (χ4v) is 3.27. The average molecular weight is 241 g/mol. The van der Waals surface area contributed by atoms with Crippen molar-refractivity contribution in [1.82, 2.24) is 5.32 Å². The maximum absolute atomic E-state index is 8.97. The van der Waals surface area contributed by atoms with Crippen molar-refractivity contribution in [3.8, 4) is 6.07 Å². The summed E-state index contributed by atoms with van der Waals surface area (Å²) in [7, 11) is 0. The van der Waals surface area contributed by atoms with E-state index in [0.717, 1.165) is 24.2 Å². The highest BCUT2D eigenvalue weighted by Gasteiger charge is 2.40. The number of hydrogen-bond donors (Lipinski definition) is 1. The highest BCUT2D eigenvalue weighted by Crippen LogP contribution is 2.38. The predicted octanol–water partition coefficient (Wildman–Crippen LogP) is 2.06. The number of nitrogens with one attached hydrogen (secondary N) is 1. The van der Waals surface area contributed by atoms with Crippen LogP contribution in [0.4, 0.5) is 5.69 Å². The lowest BCUT2D eigenvalue weighted by Crippen LogP contribution is -2.29. The van der Waals surface area contributed by atoms with Crippen molar-refractivity contribution in [2.45, 2.75) is 19.8 Å². The Bertz CT molecular complexity index is 495. The van der Waals surface area contributed by atoms with E-state index in [2.05, 4.69) is 28.4 Å². The van der Waals surface area contributed by atoms with Crippen LogP contribution in [0.5, 0.6) is 0 Å². The van der Waals surface area contributed by atoms with E-state index in [0.29, 0.717) is 5.41 Å². The van der Waals surface area contributed by atoms with Crippen LogP contribution in [0.1, 0.15) is 24.0 Å². The number of benzene rings is 1. The van der Waals surface area contributed by atoms with E-state index in [1.54, 1.807) is 0 Å². The third kappa shape index (κ3) is 1.87. The normalized spacial score (nSPS) is 26.8. The zero-order valence-corrected chi connectivity index (χ0v) is 10.9. The molecule has 1 aromatic rings. The quantitative estimate of drug-likeness (QED) is 0.818. The summed E-state index contributed by atoms with van der Waals surface area (Å²) in [6, 6.07) is 8.42. The van der Waals surface area contributed by atoms with Crippen LogP contribution in [0.25, 0.3) is 0 Å². The summed E-state index contributed by atoms with van der Waals surface area (Å²) >= 11 is 0. The molecule has 18 heavy (non-hydrogen) atoms. The van der Waals surface area contributed by atoms with Crippen molar-refractivity contribution >= 4 is 5.69 Å². The minimum Gasteiger partial charge on any atom is -0.371 e. The van der Waals surface area contributed by atoms with Gasteiger partial charge in [0.1, 0.15) is 0 Å². The van der Waals surface area contributed by atoms with Gasteiger partial charge in [-0.05, 0) is 50.1 Å². The molecule has 1 N–H and O–H groups in total. The molecule has 0 aliphatic carbocycles. The summed E-state index contributed by atoms with van der Waals surface area (Å²) in [5.74, 6) is 0. The van der Waals surface area contributed by atoms with Gasteiger partial charge in [0, 0.05) is 30.7 Å². The van der Waals surface area contributed by atoms with Crippen LogP contribution in [0.3, 0.4) is 0 Å². The van der Waals surface area contributed by atoms with Gasteiger partial charge in [0.15, 0.2) is 0 Å². The third-order valence-electron chi connectivity index (χ3n) is 4.47. The van der Waals surface area contributed by atoms with Gasteiger partial charge in [0.05, 0.1) is 11.6 Å². The Hall–Kier alpha value is -1.53. The summed E-state index contributed by atoms with van der Waals surface area (Å²) in [5, 5.41) is 12.5. The first kappa shape index (κ1) is 11.6. The molecule has 1 aromatic carbocycles. The first-order valence-electron chi connectivity index (χ1n) is 6.69. The number of nitriles is 1. The lowest BCUT2D eigenvalue weighted by molar-refractivity contribution is 0.369. The van der Waals surface area contributed by atoms with E-state index in [9.17, 15) is 0 Å². The van der Waals surface area contributed by atoms with E-state index >= 15 is 0 Å². The van der Waals surface area contributed by atoms with Gasteiger partial charge in [-0.1, -0.05) is 0 Å². The highest BCUT2D eigenvalue weighted by molar-refractivity contribution is 5.54. The molecule has 3 nitrogen and oxygen atoms in total. The average Bonchev–Trinajstić information content (AvgIpc) is 3.00. The maximum Gasteiger partial charge on any atom is 0.0994 e. The third-order valence-corrected chi connectivity index (χ3v) is 4.47.